The van der Waals surface area contributed by atoms with E-state index >= 15 is 0 Å². The molecule has 6 heteroatoms. The third-order valence-corrected chi connectivity index (χ3v) is 0.991. The van der Waals surface area contributed by atoms with Crippen LogP contribution in [0.5, 0.6) is 5.75 Å². The van der Waals surface area contributed by atoms with E-state index in [-0.39, 0.29) is 0 Å². The van der Waals surface area contributed by atoms with Crippen molar-refractivity contribution in [3.05, 3.63) is 30.3 Å². The predicted octanol–water partition coefficient (Wildman–Crippen LogP) is 2.31. The molecule has 0 saturated heterocycles. The fourth-order valence-corrected chi connectivity index (χ4v) is 0.569. The Morgan fingerprint density at radius 1 is 1.17 bits per heavy atom. The minimum Gasteiger partial charge on any atom is -0.266 e. The standard InChI is InChI=1S/C6H6N4O2/c7-8-9-10-12-11-6-4-2-1-3-5-6/h1-5,7H/b8-7?,10-9+. The quantitative estimate of drug-likeness (QED) is 0.423. The Morgan fingerprint density at radius 2 is 1.92 bits per heavy atom. The van der Waals surface area contributed by atoms with Gasteiger partial charge in [-0.15, -0.1) is 4.99 Å². The highest BCUT2D eigenvalue weighted by molar-refractivity contribution is 5.19. The van der Waals surface area contributed by atoms with Crippen LogP contribution >= 0.6 is 0 Å². The van der Waals surface area contributed by atoms with Crippen LogP contribution in [0.4, 0.5) is 0 Å². The van der Waals surface area contributed by atoms with Crippen molar-refractivity contribution in [1.29, 1.82) is 5.53 Å². The Kier molecular flexibility index (Phi) is 3.23. The van der Waals surface area contributed by atoms with Gasteiger partial charge < -0.3 is 0 Å². The average Bonchev–Trinajstić information content (AvgIpc) is 2.14. The minimum atomic E-state index is 0.501. The summed E-state index contributed by atoms with van der Waals surface area (Å²) in [7, 11) is 0. The van der Waals surface area contributed by atoms with Crippen LogP contribution in [0.15, 0.2) is 46.1 Å². The number of benzene rings is 1. The van der Waals surface area contributed by atoms with E-state index in [9.17, 15) is 0 Å². The molecule has 0 aliphatic carbocycles. The molecule has 6 nitrogen and oxygen atoms in total. The Labute approximate surface area is 68.2 Å². The van der Waals surface area contributed by atoms with Crippen molar-refractivity contribution in [1.82, 2.24) is 0 Å². The molecule has 0 aliphatic rings. The first-order valence-corrected chi connectivity index (χ1v) is 3.09. The zero-order valence-corrected chi connectivity index (χ0v) is 6.04. The van der Waals surface area contributed by atoms with E-state index in [4.69, 9.17) is 5.53 Å². The molecule has 0 atom stereocenters. The Morgan fingerprint density at radius 3 is 2.58 bits per heavy atom. The molecular weight excluding hydrogens is 160 g/mol. The molecule has 1 rings (SSSR count). The molecule has 12 heavy (non-hydrogen) atoms. The number of para-hydroxylation sites is 1. The van der Waals surface area contributed by atoms with Crippen LogP contribution in [0.1, 0.15) is 0 Å². The summed E-state index contributed by atoms with van der Waals surface area (Å²) < 4.78 is 0. The molecule has 1 aromatic carbocycles. The summed E-state index contributed by atoms with van der Waals surface area (Å²) in [6.45, 7) is 0. The first kappa shape index (κ1) is 8.12. The fraction of sp³-hybridized carbons (Fsp3) is 0. The molecule has 0 heterocycles. The van der Waals surface area contributed by atoms with E-state index in [2.05, 4.69) is 25.6 Å². The molecule has 0 aromatic heterocycles. The summed E-state index contributed by atoms with van der Waals surface area (Å²) in [4.78, 5) is 8.81. The van der Waals surface area contributed by atoms with Crippen molar-refractivity contribution in [2.75, 3.05) is 0 Å². The summed E-state index contributed by atoms with van der Waals surface area (Å²) in [5.74, 6) is 0.501. The van der Waals surface area contributed by atoms with Crippen LogP contribution in [0.3, 0.4) is 0 Å². The SMILES string of the molecule is N=N/N=N/OOc1ccccc1. The molecule has 0 bridgehead atoms. The first-order valence-electron chi connectivity index (χ1n) is 3.09. The number of rotatable bonds is 4. The van der Waals surface area contributed by atoms with Gasteiger partial charge in [-0.2, -0.15) is 5.53 Å². The van der Waals surface area contributed by atoms with Gasteiger partial charge in [-0.3, -0.25) is 4.89 Å². The molecule has 0 amide bonds. The normalized spacial score (nSPS) is 9.67. The molecule has 0 fully saturated rings. The van der Waals surface area contributed by atoms with Crippen molar-refractivity contribution >= 4 is 0 Å². The number of hydrogen-bond acceptors (Lipinski definition) is 4. The van der Waals surface area contributed by atoms with Crippen LogP contribution in [-0.4, -0.2) is 0 Å². The Hall–Kier alpha value is -1.98. The average molecular weight is 166 g/mol. The zero-order valence-electron chi connectivity index (χ0n) is 6.04. The van der Waals surface area contributed by atoms with E-state index < -0.39 is 0 Å². The summed E-state index contributed by atoms with van der Waals surface area (Å²) in [6, 6.07) is 8.78. The van der Waals surface area contributed by atoms with Crippen molar-refractivity contribution in [3.63, 3.8) is 0 Å². The van der Waals surface area contributed by atoms with E-state index in [1.54, 1.807) is 24.3 Å². The van der Waals surface area contributed by atoms with Gasteiger partial charge in [0.25, 0.3) is 0 Å². The minimum absolute atomic E-state index is 0.501. The number of hydrogen-bond donors (Lipinski definition) is 1. The predicted molar refractivity (Wildman–Crippen MR) is 38.2 cm³/mol. The van der Waals surface area contributed by atoms with Gasteiger partial charge in [0.2, 0.25) is 0 Å². The van der Waals surface area contributed by atoms with E-state index in [1.807, 2.05) is 6.07 Å². The molecule has 0 aliphatic heterocycles. The lowest BCUT2D eigenvalue weighted by Gasteiger charge is -1.95. The second-order valence-electron chi connectivity index (χ2n) is 1.74. The van der Waals surface area contributed by atoms with Gasteiger partial charge in [0.1, 0.15) is 0 Å². The maximum absolute atomic E-state index is 6.21. The van der Waals surface area contributed by atoms with E-state index in [1.165, 1.54) is 0 Å². The molecule has 0 radical (unpaired) electrons. The number of nitrogens with zero attached hydrogens (tertiary/aromatic N) is 3. The molecule has 1 N–H and O–H groups in total. The molecular formula is C6H6N4O2. The summed E-state index contributed by atoms with van der Waals surface area (Å²) >= 11 is 0. The highest BCUT2D eigenvalue weighted by Gasteiger charge is 1.89. The monoisotopic (exact) mass is 166 g/mol. The lowest BCUT2D eigenvalue weighted by Crippen LogP contribution is -1.87. The second kappa shape index (κ2) is 4.78. The topological polar surface area (TPSA) is 79.4 Å². The number of nitrogens with one attached hydrogen (secondary N) is 1. The van der Waals surface area contributed by atoms with Crippen molar-refractivity contribution < 1.29 is 9.88 Å². The van der Waals surface area contributed by atoms with E-state index in [0.29, 0.717) is 5.75 Å². The zero-order chi connectivity index (χ0) is 8.65. The van der Waals surface area contributed by atoms with Gasteiger partial charge in [-0.1, -0.05) is 18.2 Å². The van der Waals surface area contributed by atoms with Gasteiger partial charge >= 0.3 is 0 Å². The molecule has 1 aromatic rings. The molecule has 0 spiro atoms. The highest BCUT2D eigenvalue weighted by atomic mass is 17.3. The van der Waals surface area contributed by atoms with Crippen LogP contribution in [0, 0.1) is 5.53 Å². The van der Waals surface area contributed by atoms with Gasteiger partial charge in [0.05, 0.1) is 5.28 Å². The fourth-order valence-electron chi connectivity index (χ4n) is 0.569. The molecule has 0 unspecified atom stereocenters. The maximum atomic E-state index is 6.21. The van der Waals surface area contributed by atoms with E-state index in [0.717, 1.165) is 0 Å². The summed E-state index contributed by atoms with van der Waals surface area (Å²) in [5.41, 5.74) is 6.21. The first-order chi connectivity index (χ1) is 5.93. The van der Waals surface area contributed by atoms with Crippen molar-refractivity contribution in [2.24, 2.45) is 15.7 Å². The Balaban J connectivity index is 2.33. The third-order valence-electron chi connectivity index (χ3n) is 0.991. The Bertz CT molecular complexity index is 262. The maximum Gasteiger partial charge on any atom is 0.181 e. The van der Waals surface area contributed by atoms with Crippen molar-refractivity contribution in [3.8, 4) is 5.75 Å². The molecule has 62 valence electrons. The summed E-state index contributed by atoms with van der Waals surface area (Å²) in [5, 5.41) is 8.36. The van der Waals surface area contributed by atoms with Crippen LogP contribution < -0.4 is 4.89 Å². The largest absolute Gasteiger partial charge is 0.266 e. The van der Waals surface area contributed by atoms with Gasteiger partial charge in [-0.05, 0) is 17.4 Å². The third kappa shape index (κ3) is 2.74. The van der Waals surface area contributed by atoms with Gasteiger partial charge in [0, 0.05) is 5.22 Å². The van der Waals surface area contributed by atoms with Crippen LogP contribution in [-0.2, 0) is 4.99 Å². The van der Waals surface area contributed by atoms with Crippen molar-refractivity contribution in [2.45, 2.75) is 0 Å². The lowest BCUT2D eigenvalue weighted by atomic mass is 10.3. The highest BCUT2D eigenvalue weighted by Crippen LogP contribution is 2.08. The summed E-state index contributed by atoms with van der Waals surface area (Å²) in [6.07, 6.45) is 0. The van der Waals surface area contributed by atoms with Crippen LogP contribution in [0.2, 0.25) is 0 Å². The second-order valence-corrected chi connectivity index (χ2v) is 1.74. The lowest BCUT2D eigenvalue weighted by molar-refractivity contribution is -0.216. The van der Waals surface area contributed by atoms with Gasteiger partial charge in [-0.25, -0.2) is 0 Å². The van der Waals surface area contributed by atoms with Crippen LogP contribution in [0.25, 0.3) is 0 Å². The smallest absolute Gasteiger partial charge is 0.181 e. The van der Waals surface area contributed by atoms with Gasteiger partial charge in [0.15, 0.2) is 5.75 Å². The molecule has 0 saturated carbocycles.